The molecule has 1 saturated heterocycles. The van der Waals surface area contributed by atoms with E-state index in [1.165, 1.54) is 0 Å². The Hall–Kier alpha value is -1.60. The predicted molar refractivity (Wildman–Crippen MR) is 87.1 cm³/mol. The standard InChI is InChI=1S/C17H24O11/c1-6-3-9(19)17(24)7(14(23)25-2)5-26-15(10(6)17)28-16-13(22)12(21)11(20)8(4-18)27-16/h5-6,8,10-13,15-16,18,20-22,24H,3-4H2,1-2H3/t6-,8-,10-,11-,12+,13-,15-,16+,17+/m0/s1. The third kappa shape index (κ3) is 3.12. The zero-order valence-electron chi connectivity index (χ0n) is 15.3. The van der Waals surface area contributed by atoms with Crippen LogP contribution < -0.4 is 0 Å². The van der Waals surface area contributed by atoms with E-state index in [2.05, 4.69) is 4.74 Å². The summed E-state index contributed by atoms with van der Waals surface area (Å²) in [5.74, 6) is -3.01. The van der Waals surface area contributed by atoms with Crippen LogP contribution in [-0.2, 0) is 28.5 Å². The van der Waals surface area contributed by atoms with Crippen LogP contribution in [0.1, 0.15) is 13.3 Å². The number of methoxy groups -OCH3 is 1. The van der Waals surface area contributed by atoms with Gasteiger partial charge in [-0.15, -0.1) is 0 Å². The van der Waals surface area contributed by atoms with Gasteiger partial charge in [-0.25, -0.2) is 4.79 Å². The lowest BCUT2D eigenvalue weighted by Crippen LogP contribution is -2.61. The van der Waals surface area contributed by atoms with E-state index in [1.807, 2.05) is 0 Å². The molecule has 0 unspecified atom stereocenters. The summed E-state index contributed by atoms with van der Waals surface area (Å²) in [7, 11) is 1.10. The maximum atomic E-state index is 12.5. The van der Waals surface area contributed by atoms with Crippen LogP contribution in [0.2, 0.25) is 0 Å². The molecule has 1 aliphatic carbocycles. The SMILES string of the molecule is COC(=O)C1=CO[C@@H](O[C@H]2O[C@@H](CO)[C@H](O)[C@@H](O)[C@@H]2O)[C@@H]2[C@@H](C)CC(=O)[C@]12O. The summed E-state index contributed by atoms with van der Waals surface area (Å²) in [5.41, 5.74) is -2.56. The number of ketones is 1. The van der Waals surface area contributed by atoms with Gasteiger partial charge in [0.05, 0.1) is 19.6 Å². The molecule has 3 aliphatic rings. The first-order valence-electron chi connectivity index (χ1n) is 8.82. The smallest absolute Gasteiger partial charge is 0.340 e. The van der Waals surface area contributed by atoms with Crippen molar-refractivity contribution in [1.82, 2.24) is 0 Å². The maximum Gasteiger partial charge on any atom is 0.340 e. The van der Waals surface area contributed by atoms with Gasteiger partial charge in [0.2, 0.25) is 6.29 Å². The summed E-state index contributed by atoms with van der Waals surface area (Å²) >= 11 is 0. The van der Waals surface area contributed by atoms with Crippen LogP contribution in [0.25, 0.3) is 0 Å². The van der Waals surface area contributed by atoms with Crippen molar-refractivity contribution in [2.45, 2.75) is 55.9 Å². The van der Waals surface area contributed by atoms with E-state index in [1.54, 1.807) is 6.92 Å². The van der Waals surface area contributed by atoms with Crippen LogP contribution in [0.4, 0.5) is 0 Å². The Kier molecular flexibility index (Phi) is 5.79. The monoisotopic (exact) mass is 404 g/mol. The van der Waals surface area contributed by atoms with Gasteiger partial charge in [0.1, 0.15) is 36.3 Å². The minimum Gasteiger partial charge on any atom is -0.471 e. The second kappa shape index (κ2) is 7.67. The third-order valence-corrected chi connectivity index (χ3v) is 5.57. The largest absolute Gasteiger partial charge is 0.471 e. The molecule has 2 aliphatic heterocycles. The van der Waals surface area contributed by atoms with E-state index < -0.39 is 72.8 Å². The number of aliphatic hydroxyl groups is 5. The van der Waals surface area contributed by atoms with E-state index in [0.717, 1.165) is 13.4 Å². The van der Waals surface area contributed by atoms with Crippen molar-refractivity contribution >= 4 is 11.8 Å². The summed E-state index contributed by atoms with van der Waals surface area (Å²) in [6, 6.07) is 0. The van der Waals surface area contributed by atoms with Crippen molar-refractivity contribution in [1.29, 1.82) is 0 Å². The lowest BCUT2D eigenvalue weighted by atomic mass is 9.79. The normalized spacial score (nSPS) is 45.8. The first-order valence-corrected chi connectivity index (χ1v) is 8.82. The molecule has 2 heterocycles. The van der Waals surface area contributed by atoms with Crippen molar-refractivity contribution in [3.05, 3.63) is 11.8 Å². The van der Waals surface area contributed by atoms with Gasteiger partial charge >= 0.3 is 5.97 Å². The molecule has 11 nitrogen and oxygen atoms in total. The zero-order valence-corrected chi connectivity index (χ0v) is 15.3. The van der Waals surface area contributed by atoms with Crippen LogP contribution in [0.3, 0.4) is 0 Å². The predicted octanol–water partition coefficient (Wildman–Crippen LogP) is -2.83. The average Bonchev–Trinajstić information content (AvgIpc) is 2.91. The number of rotatable bonds is 4. The molecule has 28 heavy (non-hydrogen) atoms. The van der Waals surface area contributed by atoms with Gasteiger partial charge in [0.25, 0.3) is 0 Å². The van der Waals surface area contributed by atoms with Gasteiger partial charge in [-0.3, -0.25) is 4.79 Å². The number of hydrogen-bond donors (Lipinski definition) is 5. The summed E-state index contributed by atoms with van der Waals surface area (Å²) in [6.07, 6.45) is -8.14. The Labute approximate surface area is 160 Å². The molecule has 0 aromatic carbocycles. The van der Waals surface area contributed by atoms with E-state index in [9.17, 15) is 35.1 Å². The van der Waals surface area contributed by atoms with Crippen LogP contribution >= 0.6 is 0 Å². The molecule has 3 rings (SSSR count). The molecule has 0 spiro atoms. The molecule has 0 aromatic rings. The number of aliphatic hydroxyl groups excluding tert-OH is 4. The lowest BCUT2D eigenvalue weighted by molar-refractivity contribution is -0.346. The second-order valence-electron chi connectivity index (χ2n) is 7.26. The van der Waals surface area contributed by atoms with Crippen LogP contribution in [0.15, 0.2) is 11.8 Å². The van der Waals surface area contributed by atoms with Crippen molar-refractivity contribution in [2.75, 3.05) is 13.7 Å². The quantitative estimate of drug-likeness (QED) is 0.306. The summed E-state index contributed by atoms with van der Waals surface area (Å²) in [4.78, 5) is 24.5. The van der Waals surface area contributed by atoms with Gasteiger partial charge in [-0.1, -0.05) is 6.92 Å². The fourth-order valence-corrected chi connectivity index (χ4v) is 4.02. The molecule has 0 bridgehead atoms. The molecular formula is C17H24O11. The molecule has 2 fully saturated rings. The van der Waals surface area contributed by atoms with Gasteiger partial charge in [-0.2, -0.15) is 0 Å². The Morgan fingerprint density at radius 2 is 1.93 bits per heavy atom. The topological polar surface area (TPSA) is 172 Å². The molecule has 158 valence electrons. The molecule has 5 N–H and O–H groups in total. The molecule has 0 radical (unpaired) electrons. The number of esters is 1. The number of carbonyl (C=O) groups is 2. The molecule has 0 aromatic heterocycles. The van der Waals surface area contributed by atoms with E-state index in [4.69, 9.17) is 14.2 Å². The highest BCUT2D eigenvalue weighted by Gasteiger charge is 2.63. The Morgan fingerprint density at radius 3 is 2.54 bits per heavy atom. The minimum absolute atomic E-state index is 0.0482. The zero-order chi connectivity index (χ0) is 20.8. The van der Waals surface area contributed by atoms with E-state index >= 15 is 0 Å². The number of ether oxygens (including phenoxy) is 4. The highest BCUT2D eigenvalue weighted by Crippen LogP contribution is 2.48. The highest BCUT2D eigenvalue weighted by atomic mass is 16.8. The average molecular weight is 404 g/mol. The van der Waals surface area contributed by atoms with Crippen LogP contribution in [0.5, 0.6) is 0 Å². The van der Waals surface area contributed by atoms with Crippen molar-refractivity contribution in [3.8, 4) is 0 Å². The molecular weight excluding hydrogens is 380 g/mol. The molecule has 1 saturated carbocycles. The Bertz CT molecular complexity index is 661. The summed E-state index contributed by atoms with van der Waals surface area (Å²) in [6.45, 7) is 1.01. The molecule has 0 amide bonds. The Morgan fingerprint density at radius 1 is 1.25 bits per heavy atom. The number of Topliss-reactive ketones (excluding diaryl/α,β-unsaturated/α-hetero) is 1. The fraction of sp³-hybridized carbons (Fsp3) is 0.765. The van der Waals surface area contributed by atoms with Gasteiger partial charge in [-0.05, 0) is 5.92 Å². The van der Waals surface area contributed by atoms with Gasteiger partial charge in [0.15, 0.2) is 17.7 Å². The van der Waals surface area contributed by atoms with Crippen LogP contribution in [-0.4, -0.2) is 93.6 Å². The van der Waals surface area contributed by atoms with Crippen molar-refractivity contribution in [2.24, 2.45) is 11.8 Å². The lowest BCUT2D eigenvalue weighted by Gasteiger charge is -2.44. The summed E-state index contributed by atoms with van der Waals surface area (Å²) < 4.78 is 20.9. The fourth-order valence-electron chi connectivity index (χ4n) is 4.02. The first-order chi connectivity index (χ1) is 13.2. The van der Waals surface area contributed by atoms with E-state index in [-0.39, 0.29) is 12.0 Å². The third-order valence-electron chi connectivity index (χ3n) is 5.57. The molecule has 9 atom stereocenters. The first kappa shape index (κ1) is 21.1. The summed E-state index contributed by atoms with van der Waals surface area (Å²) in [5, 5.41) is 50.2. The van der Waals surface area contributed by atoms with Crippen LogP contribution in [0, 0.1) is 11.8 Å². The number of carbonyl (C=O) groups excluding carboxylic acids is 2. The number of fused-ring (bicyclic) bond motifs is 1. The molecule has 11 heteroatoms. The van der Waals surface area contributed by atoms with E-state index in [0.29, 0.717) is 0 Å². The van der Waals surface area contributed by atoms with Gasteiger partial charge < -0.3 is 44.5 Å². The van der Waals surface area contributed by atoms with Crippen molar-refractivity contribution < 1.29 is 54.1 Å². The number of hydrogen-bond acceptors (Lipinski definition) is 11. The highest BCUT2D eigenvalue weighted by molar-refractivity contribution is 6.04. The van der Waals surface area contributed by atoms with Gasteiger partial charge in [0, 0.05) is 6.42 Å². The van der Waals surface area contributed by atoms with Crippen molar-refractivity contribution in [3.63, 3.8) is 0 Å². The maximum absolute atomic E-state index is 12.5. The second-order valence-corrected chi connectivity index (χ2v) is 7.26. The Balaban J connectivity index is 1.88. The minimum atomic E-state index is -2.20.